The van der Waals surface area contributed by atoms with E-state index < -0.39 is 0 Å². The van der Waals surface area contributed by atoms with Gasteiger partial charge < -0.3 is 9.88 Å². The zero-order valence-electron chi connectivity index (χ0n) is 11.9. The fraction of sp³-hybridized carbons (Fsp3) is 0.214. The van der Waals surface area contributed by atoms with E-state index >= 15 is 0 Å². The van der Waals surface area contributed by atoms with Gasteiger partial charge in [-0.05, 0) is 35.0 Å². The molecule has 0 atom stereocenters. The summed E-state index contributed by atoms with van der Waals surface area (Å²) in [5.74, 6) is 0.619. The van der Waals surface area contributed by atoms with Gasteiger partial charge in [-0.15, -0.1) is 0 Å². The van der Waals surface area contributed by atoms with Crippen molar-refractivity contribution in [3.8, 4) is 0 Å². The van der Waals surface area contributed by atoms with Crippen LogP contribution in [0.2, 0.25) is 0 Å². The number of nitrogens with one attached hydrogen (secondary N) is 1. The topological polar surface area (TPSA) is 64.7 Å². The molecule has 0 aromatic carbocycles. The first-order valence-corrected chi connectivity index (χ1v) is 7.17. The van der Waals surface area contributed by atoms with Crippen molar-refractivity contribution in [3.63, 3.8) is 0 Å². The molecule has 0 saturated heterocycles. The summed E-state index contributed by atoms with van der Waals surface area (Å²) in [6.07, 6.45) is 3.42. The maximum atomic E-state index is 12.1. The Morgan fingerprint density at radius 2 is 2.05 bits per heavy atom. The Morgan fingerprint density at radius 3 is 2.81 bits per heavy atom. The van der Waals surface area contributed by atoms with Crippen molar-refractivity contribution < 1.29 is 0 Å². The fourth-order valence-electron chi connectivity index (χ4n) is 2.19. The quantitative estimate of drug-likeness (QED) is 0.773. The van der Waals surface area contributed by atoms with Gasteiger partial charge in [0, 0.05) is 35.8 Å². The van der Waals surface area contributed by atoms with Crippen LogP contribution in [0, 0.1) is 6.92 Å². The number of hydrogen-bond donors (Lipinski definition) is 1. The van der Waals surface area contributed by atoms with Crippen LogP contribution in [0.25, 0.3) is 10.9 Å². The van der Waals surface area contributed by atoms with Crippen molar-refractivity contribution in [1.82, 2.24) is 19.3 Å². The second kappa shape index (κ2) is 5.00. The second-order valence-electron chi connectivity index (χ2n) is 4.91. The molecule has 0 fully saturated rings. The maximum Gasteiger partial charge on any atom is 0.274 e. The molecule has 0 aliphatic carbocycles. The normalized spacial score (nSPS) is 11.0. The molecule has 0 amide bonds. The van der Waals surface area contributed by atoms with Crippen molar-refractivity contribution in [3.05, 3.63) is 45.0 Å². The molecule has 0 saturated carbocycles. The summed E-state index contributed by atoms with van der Waals surface area (Å²) in [5.41, 5.74) is 2.25. The minimum Gasteiger partial charge on any atom is -0.336 e. The molecule has 0 aliphatic heterocycles. The smallest absolute Gasteiger partial charge is 0.274 e. The monoisotopic (exact) mass is 347 g/mol. The SMILES string of the molecule is Cc1c2cc(Nc3cc(Br)cn(C)c3=O)ncc2nn1C. The van der Waals surface area contributed by atoms with Crippen LogP contribution >= 0.6 is 15.9 Å². The van der Waals surface area contributed by atoms with Crippen LogP contribution in [-0.2, 0) is 14.1 Å². The Bertz CT molecular complexity index is 896. The Morgan fingerprint density at radius 1 is 1.29 bits per heavy atom. The fourth-order valence-corrected chi connectivity index (χ4v) is 2.73. The van der Waals surface area contributed by atoms with Gasteiger partial charge in [0.2, 0.25) is 0 Å². The first-order valence-electron chi connectivity index (χ1n) is 6.38. The average molecular weight is 348 g/mol. The third kappa shape index (κ3) is 2.44. The van der Waals surface area contributed by atoms with E-state index in [1.807, 2.05) is 24.7 Å². The zero-order chi connectivity index (χ0) is 15.1. The van der Waals surface area contributed by atoms with Crippen LogP contribution in [0.4, 0.5) is 11.5 Å². The Kier molecular flexibility index (Phi) is 3.29. The molecule has 108 valence electrons. The van der Waals surface area contributed by atoms with Gasteiger partial charge >= 0.3 is 0 Å². The molecule has 1 N–H and O–H groups in total. The summed E-state index contributed by atoms with van der Waals surface area (Å²) >= 11 is 3.38. The van der Waals surface area contributed by atoms with Gasteiger partial charge in [-0.25, -0.2) is 4.98 Å². The van der Waals surface area contributed by atoms with E-state index in [1.54, 1.807) is 25.5 Å². The molecule has 0 radical (unpaired) electrons. The average Bonchev–Trinajstić information content (AvgIpc) is 2.71. The highest BCUT2D eigenvalue weighted by Crippen LogP contribution is 2.21. The van der Waals surface area contributed by atoms with Crippen LogP contribution in [-0.4, -0.2) is 19.3 Å². The highest BCUT2D eigenvalue weighted by Gasteiger charge is 2.09. The number of anilines is 2. The van der Waals surface area contributed by atoms with Gasteiger partial charge in [0.15, 0.2) is 0 Å². The molecular weight excluding hydrogens is 334 g/mol. The molecule has 0 aliphatic rings. The lowest BCUT2D eigenvalue weighted by atomic mass is 10.2. The van der Waals surface area contributed by atoms with Gasteiger partial charge in [0.25, 0.3) is 5.56 Å². The summed E-state index contributed by atoms with van der Waals surface area (Å²) in [7, 11) is 3.60. The Labute approximate surface area is 129 Å². The molecule has 3 aromatic rings. The predicted octanol–water partition coefficient (Wildman–Crippen LogP) is 2.48. The van der Waals surface area contributed by atoms with Crippen molar-refractivity contribution in [1.29, 1.82) is 0 Å². The minimum absolute atomic E-state index is 0.108. The lowest BCUT2D eigenvalue weighted by Crippen LogP contribution is -2.19. The van der Waals surface area contributed by atoms with Crippen LogP contribution in [0.5, 0.6) is 0 Å². The Hall–Kier alpha value is -2.15. The number of pyridine rings is 2. The molecule has 7 heteroatoms. The molecule has 3 rings (SSSR count). The van der Waals surface area contributed by atoms with E-state index in [1.165, 1.54) is 4.57 Å². The predicted molar refractivity (Wildman–Crippen MR) is 85.9 cm³/mol. The van der Waals surface area contributed by atoms with E-state index in [0.717, 1.165) is 21.1 Å². The minimum atomic E-state index is -0.108. The summed E-state index contributed by atoms with van der Waals surface area (Å²) in [6.45, 7) is 2.00. The molecule has 0 unspecified atom stereocenters. The number of halogens is 1. The third-order valence-electron chi connectivity index (χ3n) is 3.43. The second-order valence-corrected chi connectivity index (χ2v) is 5.82. The van der Waals surface area contributed by atoms with Crippen molar-refractivity contribution in [2.45, 2.75) is 6.92 Å². The van der Waals surface area contributed by atoms with E-state index in [-0.39, 0.29) is 5.56 Å². The molecular formula is C14H14BrN5O. The summed E-state index contributed by atoms with van der Waals surface area (Å²) < 4.78 is 4.15. The lowest BCUT2D eigenvalue weighted by molar-refractivity contribution is 0.751. The van der Waals surface area contributed by atoms with Crippen molar-refractivity contribution in [2.24, 2.45) is 14.1 Å². The summed E-state index contributed by atoms with van der Waals surface area (Å²) in [6, 6.07) is 3.64. The standard InChI is InChI=1S/C14H14BrN5O/c1-8-10-5-13(16-6-12(10)18-20(8)3)17-11-4-9(15)7-19(2)14(11)21/h4-7,17H,1-3H3. The third-order valence-corrected chi connectivity index (χ3v) is 3.86. The number of aryl methyl sites for hydroxylation is 3. The number of fused-ring (bicyclic) bond motifs is 1. The van der Waals surface area contributed by atoms with Crippen LogP contribution in [0.1, 0.15) is 5.69 Å². The molecule has 6 nitrogen and oxygen atoms in total. The van der Waals surface area contributed by atoms with Crippen LogP contribution in [0.3, 0.4) is 0 Å². The molecule has 0 bridgehead atoms. The van der Waals surface area contributed by atoms with E-state index in [2.05, 4.69) is 31.3 Å². The van der Waals surface area contributed by atoms with Gasteiger partial charge in [-0.2, -0.15) is 5.10 Å². The van der Waals surface area contributed by atoms with Gasteiger partial charge in [0.1, 0.15) is 17.0 Å². The first-order chi connectivity index (χ1) is 9.95. The number of hydrogen-bond acceptors (Lipinski definition) is 4. The Balaban J connectivity index is 2.06. The molecule has 0 spiro atoms. The first kappa shape index (κ1) is 13.8. The number of nitrogens with zero attached hydrogens (tertiary/aromatic N) is 4. The van der Waals surface area contributed by atoms with E-state index in [9.17, 15) is 4.79 Å². The highest BCUT2D eigenvalue weighted by molar-refractivity contribution is 9.10. The van der Waals surface area contributed by atoms with Gasteiger partial charge in [-0.1, -0.05) is 0 Å². The number of rotatable bonds is 2. The number of aromatic nitrogens is 4. The molecule has 3 aromatic heterocycles. The van der Waals surface area contributed by atoms with Crippen molar-refractivity contribution in [2.75, 3.05) is 5.32 Å². The van der Waals surface area contributed by atoms with Crippen LogP contribution < -0.4 is 10.9 Å². The maximum absolute atomic E-state index is 12.1. The highest BCUT2D eigenvalue weighted by atomic mass is 79.9. The summed E-state index contributed by atoms with van der Waals surface area (Å²) in [5, 5.41) is 8.45. The molecule has 21 heavy (non-hydrogen) atoms. The molecule has 3 heterocycles. The van der Waals surface area contributed by atoms with Gasteiger partial charge in [0.05, 0.1) is 6.20 Å². The van der Waals surface area contributed by atoms with Crippen LogP contribution in [0.15, 0.2) is 33.8 Å². The van der Waals surface area contributed by atoms with E-state index in [0.29, 0.717) is 11.5 Å². The largest absolute Gasteiger partial charge is 0.336 e. The zero-order valence-corrected chi connectivity index (χ0v) is 13.5. The summed E-state index contributed by atoms with van der Waals surface area (Å²) in [4.78, 5) is 16.4. The lowest BCUT2D eigenvalue weighted by Gasteiger charge is -2.07. The van der Waals surface area contributed by atoms with Gasteiger partial charge in [-0.3, -0.25) is 9.48 Å². The van der Waals surface area contributed by atoms with Crippen molar-refractivity contribution >= 4 is 38.3 Å². The van der Waals surface area contributed by atoms with E-state index in [4.69, 9.17) is 0 Å².